The van der Waals surface area contributed by atoms with Crippen LogP contribution in [-0.4, -0.2) is 98.7 Å². The highest BCUT2D eigenvalue weighted by Crippen LogP contribution is 2.22. The van der Waals surface area contributed by atoms with Crippen LogP contribution in [0.2, 0.25) is 0 Å². The van der Waals surface area contributed by atoms with Gasteiger partial charge in [0.1, 0.15) is 30.5 Å². The average Bonchev–Trinajstić information content (AvgIpc) is 3.10. The van der Waals surface area contributed by atoms with Crippen molar-refractivity contribution in [2.75, 3.05) is 13.2 Å². The average molecular weight is 700 g/mol. The molecule has 1 saturated heterocycles. The molecule has 1 rings (SSSR count). The van der Waals surface area contributed by atoms with E-state index in [-0.39, 0.29) is 6.61 Å². The zero-order valence-corrected chi connectivity index (χ0v) is 30.8. The molecule has 1 fully saturated rings. The molecule has 1 aliphatic heterocycles. The van der Waals surface area contributed by atoms with E-state index < -0.39 is 61.5 Å². The van der Waals surface area contributed by atoms with Crippen LogP contribution < -0.4 is 5.32 Å². The third-order valence-electron chi connectivity index (χ3n) is 9.39. The zero-order chi connectivity index (χ0) is 36.1. The second-order valence-electron chi connectivity index (χ2n) is 13.9. The summed E-state index contributed by atoms with van der Waals surface area (Å²) in [5, 5.41) is 64.2. The standard InChI is InChI=1S/C39H73NO9/c1-3-5-7-9-11-13-15-16-17-18-20-21-23-25-27-32(42)31(30-48-39-37(46)36(45)35(44)34(29-41)49-39)40-38(47)33(43)28-26-24-22-19-14-12-10-8-6-4-2/h18,20,25,27,31-37,39,41-46H,3-17,19,21-24,26,28-30H2,1-2H3,(H,40,47)/b20-18+,27-25+/t31-,32+,33+,34+,35+,36-,37+,39+/m0/s1. The fraction of sp³-hybridized carbons (Fsp3) is 0.872. The van der Waals surface area contributed by atoms with Gasteiger partial charge in [-0.2, -0.15) is 0 Å². The molecule has 0 aromatic rings. The molecule has 0 saturated carbocycles. The Bertz CT molecular complexity index is 839. The summed E-state index contributed by atoms with van der Waals surface area (Å²) in [4.78, 5) is 12.9. The van der Waals surface area contributed by atoms with E-state index in [1.165, 1.54) is 89.9 Å². The molecule has 1 aliphatic rings. The van der Waals surface area contributed by atoms with Gasteiger partial charge in [-0.15, -0.1) is 0 Å². The van der Waals surface area contributed by atoms with Crippen LogP contribution >= 0.6 is 0 Å². The SMILES string of the molecule is CCCCCCCCCC/C=C/CC/C=C/[C@@H](O)[C@H](CO[C@@H]1O[C@H](CO)[C@@H](O)[C@H](O)[C@H]1O)NC(=O)[C@H](O)CCCCCCCCCCCC. The first kappa shape index (κ1) is 45.7. The Morgan fingerprint density at radius 1 is 0.694 bits per heavy atom. The van der Waals surface area contributed by atoms with E-state index in [2.05, 4.69) is 31.3 Å². The summed E-state index contributed by atoms with van der Waals surface area (Å²) in [6.07, 6.45) is 22.7. The monoisotopic (exact) mass is 700 g/mol. The van der Waals surface area contributed by atoms with Crippen LogP contribution in [-0.2, 0) is 14.3 Å². The highest BCUT2D eigenvalue weighted by Gasteiger charge is 2.44. The lowest BCUT2D eigenvalue weighted by Crippen LogP contribution is -2.60. The van der Waals surface area contributed by atoms with Crippen molar-refractivity contribution < 1.29 is 44.9 Å². The summed E-state index contributed by atoms with van der Waals surface area (Å²) in [6.45, 7) is 3.53. The van der Waals surface area contributed by atoms with E-state index in [0.717, 1.165) is 32.1 Å². The lowest BCUT2D eigenvalue weighted by atomic mass is 9.99. The Morgan fingerprint density at radius 2 is 1.20 bits per heavy atom. The normalized spacial score (nSPS) is 23.3. The highest BCUT2D eigenvalue weighted by molar-refractivity contribution is 5.80. The smallest absolute Gasteiger partial charge is 0.249 e. The van der Waals surface area contributed by atoms with E-state index >= 15 is 0 Å². The van der Waals surface area contributed by atoms with Gasteiger partial charge in [0, 0.05) is 0 Å². The topological polar surface area (TPSA) is 169 Å². The van der Waals surface area contributed by atoms with E-state index in [9.17, 15) is 35.4 Å². The number of unbranched alkanes of at least 4 members (excludes halogenated alkanes) is 18. The molecule has 288 valence electrons. The molecule has 8 atom stereocenters. The summed E-state index contributed by atoms with van der Waals surface area (Å²) in [5.74, 6) is -0.630. The fourth-order valence-electron chi connectivity index (χ4n) is 6.06. The number of aliphatic hydroxyl groups is 6. The maximum absolute atomic E-state index is 12.9. The predicted molar refractivity (Wildman–Crippen MR) is 195 cm³/mol. The van der Waals surface area contributed by atoms with Gasteiger partial charge in [0.05, 0.1) is 25.4 Å². The Labute approximate surface area is 297 Å². The minimum atomic E-state index is -1.61. The van der Waals surface area contributed by atoms with E-state index in [1.54, 1.807) is 6.08 Å². The number of amides is 1. The summed E-state index contributed by atoms with van der Waals surface area (Å²) in [7, 11) is 0. The van der Waals surface area contributed by atoms with Crippen molar-refractivity contribution in [1.29, 1.82) is 0 Å². The number of allylic oxidation sites excluding steroid dienone is 3. The van der Waals surface area contributed by atoms with E-state index in [4.69, 9.17) is 9.47 Å². The van der Waals surface area contributed by atoms with Gasteiger partial charge >= 0.3 is 0 Å². The summed E-state index contributed by atoms with van der Waals surface area (Å²) >= 11 is 0. The molecule has 1 amide bonds. The van der Waals surface area contributed by atoms with Crippen molar-refractivity contribution in [2.24, 2.45) is 0 Å². The molecule has 0 unspecified atom stereocenters. The second-order valence-corrected chi connectivity index (χ2v) is 13.9. The zero-order valence-electron chi connectivity index (χ0n) is 30.8. The van der Waals surface area contributed by atoms with Crippen LogP contribution in [0, 0.1) is 0 Å². The molecule has 0 aliphatic carbocycles. The van der Waals surface area contributed by atoms with E-state index in [0.29, 0.717) is 19.3 Å². The number of hydrogen-bond acceptors (Lipinski definition) is 9. The second kappa shape index (κ2) is 30.3. The number of carbonyl (C=O) groups excluding carboxylic acids is 1. The number of nitrogens with one attached hydrogen (secondary N) is 1. The van der Waals surface area contributed by atoms with Crippen LogP contribution in [0.15, 0.2) is 24.3 Å². The highest BCUT2D eigenvalue weighted by atomic mass is 16.7. The summed E-state index contributed by atoms with van der Waals surface area (Å²) in [6, 6.07) is -0.990. The van der Waals surface area contributed by atoms with Crippen LogP contribution in [0.25, 0.3) is 0 Å². The lowest BCUT2D eigenvalue weighted by molar-refractivity contribution is -0.302. The predicted octanol–water partition coefficient (Wildman–Crippen LogP) is 5.74. The van der Waals surface area contributed by atoms with Gasteiger partial charge in [0.15, 0.2) is 6.29 Å². The van der Waals surface area contributed by atoms with Crippen molar-refractivity contribution in [3.8, 4) is 0 Å². The molecule has 0 aromatic heterocycles. The fourth-order valence-corrected chi connectivity index (χ4v) is 6.06. The van der Waals surface area contributed by atoms with Crippen molar-refractivity contribution in [1.82, 2.24) is 5.32 Å². The maximum Gasteiger partial charge on any atom is 0.249 e. The quantitative estimate of drug-likeness (QED) is 0.0352. The molecule has 0 bridgehead atoms. The van der Waals surface area contributed by atoms with Crippen molar-refractivity contribution in [3.05, 3.63) is 24.3 Å². The van der Waals surface area contributed by atoms with Gasteiger partial charge in [0.2, 0.25) is 5.91 Å². The van der Waals surface area contributed by atoms with Crippen LogP contribution in [0.1, 0.15) is 155 Å². The number of ether oxygens (including phenoxy) is 2. The number of carbonyl (C=O) groups is 1. The Kier molecular flexibility index (Phi) is 28.2. The molecule has 7 N–H and O–H groups in total. The minimum absolute atomic E-state index is 0.305. The third kappa shape index (κ3) is 21.6. The molecule has 49 heavy (non-hydrogen) atoms. The molecular weight excluding hydrogens is 626 g/mol. The largest absolute Gasteiger partial charge is 0.394 e. The van der Waals surface area contributed by atoms with Gasteiger partial charge in [-0.05, 0) is 32.1 Å². The first-order valence-corrected chi connectivity index (χ1v) is 19.7. The third-order valence-corrected chi connectivity index (χ3v) is 9.39. The van der Waals surface area contributed by atoms with Gasteiger partial charge < -0.3 is 45.4 Å². The Morgan fingerprint density at radius 3 is 1.78 bits per heavy atom. The van der Waals surface area contributed by atoms with Crippen molar-refractivity contribution in [3.63, 3.8) is 0 Å². The minimum Gasteiger partial charge on any atom is -0.394 e. The summed E-state index contributed by atoms with van der Waals surface area (Å²) < 4.78 is 11.1. The first-order chi connectivity index (χ1) is 23.8. The Hall–Kier alpha value is -1.37. The number of aliphatic hydroxyl groups excluding tert-OH is 6. The number of rotatable bonds is 31. The molecule has 0 radical (unpaired) electrons. The summed E-state index contributed by atoms with van der Waals surface area (Å²) in [5.41, 5.74) is 0. The van der Waals surface area contributed by atoms with Crippen molar-refractivity contribution >= 4 is 5.91 Å². The molecule has 0 aromatic carbocycles. The van der Waals surface area contributed by atoms with Crippen LogP contribution in [0.4, 0.5) is 0 Å². The first-order valence-electron chi connectivity index (χ1n) is 19.7. The van der Waals surface area contributed by atoms with Crippen LogP contribution in [0.3, 0.4) is 0 Å². The van der Waals surface area contributed by atoms with Crippen molar-refractivity contribution in [2.45, 2.75) is 204 Å². The van der Waals surface area contributed by atoms with E-state index in [1.807, 2.05) is 6.08 Å². The maximum atomic E-state index is 12.9. The molecule has 1 heterocycles. The van der Waals surface area contributed by atoms with Gasteiger partial charge in [-0.1, -0.05) is 147 Å². The molecule has 10 heteroatoms. The molecule has 10 nitrogen and oxygen atoms in total. The van der Waals surface area contributed by atoms with Gasteiger partial charge in [-0.25, -0.2) is 0 Å². The number of hydrogen-bond donors (Lipinski definition) is 7. The van der Waals surface area contributed by atoms with Gasteiger partial charge in [0.25, 0.3) is 0 Å². The molecular formula is C39H73NO9. The lowest BCUT2D eigenvalue weighted by Gasteiger charge is -2.40. The van der Waals surface area contributed by atoms with Crippen LogP contribution in [0.5, 0.6) is 0 Å². The van der Waals surface area contributed by atoms with Gasteiger partial charge in [-0.3, -0.25) is 4.79 Å². The Balaban J connectivity index is 2.56. The molecule has 0 spiro atoms.